The average molecular weight is 441 g/mol. The fraction of sp³-hybridized carbons (Fsp3) is 0.692. The lowest BCUT2D eigenvalue weighted by Crippen LogP contribution is -2.18. The summed E-state index contributed by atoms with van der Waals surface area (Å²) in [5, 5.41) is 0. The molecule has 2 fully saturated rings. The zero-order chi connectivity index (χ0) is 22.2. The van der Waals surface area contributed by atoms with E-state index in [0.29, 0.717) is 11.5 Å². The van der Waals surface area contributed by atoms with Crippen molar-refractivity contribution in [2.24, 2.45) is 17.8 Å². The maximum absolute atomic E-state index is 14.0. The van der Waals surface area contributed by atoms with Crippen LogP contribution in [0.4, 0.5) is 17.6 Å². The SMILES string of the molecule is C/C=C/CCC1CCC(CCC2CCC(c3cc(F)c(OC(F)F)c(F)c3)CC2)CC1. The van der Waals surface area contributed by atoms with Crippen molar-refractivity contribution in [1.82, 2.24) is 0 Å². The molecule has 2 aliphatic rings. The van der Waals surface area contributed by atoms with Crippen LogP contribution >= 0.6 is 0 Å². The van der Waals surface area contributed by atoms with Gasteiger partial charge in [0.2, 0.25) is 0 Å². The largest absolute Gasteiger partial charge is 0.429 e. The minimum atomic E-state index is -3.24. The molecule has 0 atom stereocenters. The Morgan fingerprint density at radius 1 is 0.839 bits per heavy atom. The fourth-order valence-electron chi connectivity index (χ4n) is 5.58. The van der Waals surface area contributed by atoms with E-state index in [-0.39, 0.29) is 5.92 Å². The highest BCUT2D eigenvalue weighted by Crippen LogP contribution is 2.41. The van der Waals surface area contributed by atoms with Crippen LogP contribution in [0.25, 0.3) is 0 Å². The van der Waals surface area contributed by atoms with Gasteiger partial charge in [-0.15, -0.1) is 0 Å². The lowest BCUT2D eigenvalue weighted by Gasteiger charge is -2.32. The number of halogens is 4. The number of hydrogen-bond acceptors (Lipinski definition) is 1. The lowest BCUT2D eigenvalue weighted by atomic mass is 9.74. The van der Waals surface area contributed by atoms with Crippen LogP contribution in [0.1, 0.15) is 95.5 Å². The third-order valence-corrected chi connectivity index (χ3v) is 7.47. The van der Waals surface area contributed by atoms with Gasteiger partial charge in [-0.2, -0.15) is 8.78 Å². The molecule has 1 aromatic rings. The van der Waals surface area contributed by atoms with E-state index in [0.717, 1.165) is 37.5 Å². The molecule has 0 radical (unpaired) electrons. The Balaban J connectivity index is 1.39. The first-order valence-electron chi connectivity index (χ1n) is 12.0. The molecule has 31 heavy (non-hydrogen) atoms. The zero-order valence-corrected chi connectivity index (χ0v) is 18.6. The molecule has 0 aromatic heterocycles. The normalized spacial score (nSPS) is 27.2. The Kier molecular flexibility index (Phi) is 9.28. The summed E-state index contributed by atoms with van der Waals surface area (Å²) >= 11 is 0. The summed E-state index contributed by atoms with van der Waals surface area (Å²) in [6.07, 6.45) is 18.9. The number of hydrogen-bond donors (Lipinski definition) is 0. The summed E-state index contributed by atoms with van der Waals surface area (Å²) in [5.41, 5.74) is 0.561. The van der Waals surface area contributed by atoms with E-state index in [4.69, 9.17) is 0 Å². The first-order valence-corrected chi connectivity index (χ1v) is 12.0. The van der Waals surface area contributed by atoms with Crippen molar-refractivity contribution in [2.45, 2.75) is 96.5 Å². The Morgan fingerprint density at radius 3 is 1.81 bits per heavy atom. The molecule has 0 bridgehead atoms. The van der Waals surface area contributed by atoms with Gasteiger partial charge in [0, 0.05) is 0 Å². The van der Waals surface area contributed by atoms with Crippen molar-refractivity contribution in [2.75, 3.05) is 0 Å². The minimum absolute atomic E-state index is 0.0912. The quantitative estimate of drug-likeness (QED) is 0.275. The smallest absolute Gasteiger partial charge is 0.387 e. The minimum Gasteiger partial charge on any atom is -0.429 e. The van der Waals surface area contributed by atoms with Crippen molar-refractivity contribution in [1.29, 1.82) is 0 Å². The van der Waals surface area contributed by atoms with Crippen LogP contribution in [-0.4, -0.2) is 6.61 Å². The summed E-state index contributed by atoms with van der Waals surface area (Å²) in [6, 6.07) is 2.33. The van der Waals surface area contributed by atoms with Crippen LogP contribution in [0.3, 0.4) is 0 Å². The van der Waals surface area contributed by atoms with Crippen LogP contribution in [-0.2, 0) is 0 Å². The number of benzene rings is 1. The Morgan fingerprint density at radius 2 is 1.32 bits per heavy atom. The van der Waals surface area contributed by atoms with Crippen molar-refractivity contribution >= 4 is 0 Å². The summed E-state index contributed by atoms with van der Waals surface area (Å²) in [6.45, 7) is -1.15. The molecule has 3 rings (SSSR count). The number of alkyl halides is 2. The topological polar surface area (TPSA) is 9.23 Å². The maximum atomic E-state index is 14.0. The van der Waals surface area contributed by atoms with E-state index in [2.05, 4.69) is 23.8 Å². The average Bonchev–Trinajstić information content (AvgIpc) is 2.76. The van der Waals surface area contributed by atoms with E-state index in [1.807, 2.05) is 0 Å². The van der Waals surface area contributed by atoms with Gasteiger partial charge in [0.15, 0.2) is 17.4 Å². The molecule has 2 saturated carbocycles. The molecular weight excluding hydrogens is 404 g/mol. The molecular formula is C26H36F4O. The van der Waals surface area contributed by atoms with E-state index >= 15 is 0 Å². The number of allylic oxidation sites excluding steroid dienone is 2. The Hall–Kier alpha value is -1.52. The van der Waals surface area contributed by atoms with Crippen LogP contribution in [0.15, 0.2) is 24.3 Å². The van der Waals surface area contributed by atoms with Gasteiger partial charge in [-0.05, 0) is 86.8 Å². The molecule has 0 spiro atoms. The van der Waals surface area contributed by atoms with Crippen molar-refractivity contribution in [3.8, 4) is 5.75 Å². The molecule has 0 heterocycles. The molecule has 0 saturated heterocycles. The van der Waals surface area contributed by atoms with Gasteiger partial charge < -0.3 is 4.74 Å². The molecule has 0 unspecified atom stereocenters. The summed E-state index contributed by atoms with van der Waals surface area (Å²) in [7, 11) is 0. The molecule has 2 aliphatic carbocycles. The fourth-order valence-corrected chi connectivity index (χ4v) is 5.58. The number of rotatable bonds is 9. The van der Waals surface area contributed by atoms with Crippen LogP contribution in [0, 0.1) is 29.4 Å². The van der Waals surface area contributed by atoms with E-state index in [1.165, 1.54) is 63.5 Å². The van der Waals surface area contributed by atoms with Crippen LogP contribution < -0.4 is 4.74 Å². The monoisotopic (exact) mass is 440 g/mol. The lowest BCUT2D eigenvalue weighted by molar-refractivity contribution is -0.0546. The predicted molar refractivity (Wildman–Crippen MR) is 116 cm³/mol. The first-order chi connectivity index (χ1) is 15.0. The van der Waals surface area contributed by atoms with E-state index < -0.39 is 24.0 Å². The van der Waals surface area contributed by atoms with Gasteiger partial charge in [0.25, 0.3) is 0 Å². The second kappa shape index (κ2) is 11.9. The predicted octanol–water partition coefficient (Wildman–Crippen LogP) is 8.78. The highest BCUT2D eigenvalue weighted by atomic mass is 19.3. The molecule has 174 valence electrons. The molecule has 1 nitrogen and oxygen atoms in total. The maximum Gasteiger partial charge on any atom is 0.387 e. The zero-order valence-electron chi connectivity index (χ0n) is 18.6. The summed E-state index contributed by atoms with van der Waals surface area (Å²) < 4.78 is 56.7. The van der Waals surface area contributed by atoms with Crippen molar-refractivity contribution in [3.05, 3.63) is 41.5 Å². The van der Waals surface area contributed by atoms with E-state index in [9.17, 15) is 17.6 Å². The van der Waals surface area contributed by atoms with Gasteiger partial charge in [0.05, 0.1) is 0 Å². The van der Waals surface area contributed by atoms with Gasteiger partial charge >= 0.3 is 6.61 Å². The third-order valence-electron chi connectivity index (χ3n) is 7.47. The molecule has 1 aromatic carbocycles. The Labute approximate surface area is 184 Å². The second-order valence-electron chi connectivity index (χ2n) is 9.52. The molecule has 0 N–H and O–H groups in total. The van der Waals surface area contributed by atoms with E-state index in [1.54, 1.807) is 0 Å². The van der Waals surface area contributed by atoms with Gasteiger partial charge in [0.1, 0.15) is 0 Å². The van der Waals surface area contributed by atoms with Crippen molar-refractivity contribution in [3.63, 3.8) is 0 Å². The highest BCUT2D eigenvalue weighted by molar-refractivity contribution is 5.33. The number of ether oxygens (including phenoxy) is 1. The molecule has 0 amide bonds. The standard InChI is InChI=1S/C26H36F4O/c1-2-3-4-5-18-6-8-19(9-7-18)10-11-20-12-14-21(15-13-20)22-16-23(27)25(24(28)17-22)31-26(29)30/h2-3,16-21,26H,4-15H2,1H3/b3-2+. The Bertz CT molecular complexity index is 678. The summed E-state index contributed by atoms with van der Waals surface area (Å²) in [5.74, 6) is -0.517. The summed E-state index contributed by atoms with van der Waals surface area (Å²) in [4.78, 5) is 0. The van der Waals surface area contributed by atoms with Gasteiger partial charge in [-0.3, -0.25) is 0 Å². The molecule has 0 aliphatic heterocycles. The van der Waals surface area contributed by atoms with Crippen molar-refractivity contribution < 1.29 is 22.3 Å². The van der Waals surface area contributed by atoms with Gasteiger partial charge in [-0.25, -0.2) is 8.78 Å². The van der Waals surface area contributed by atoms with Gasteiger partial charge in [-0.1, -0.05) is 50.7 Å². The third kappa shape index (κ3) is 7.25. The van der Waals surface area contributed by atoms with Crippen LogP contribution in [0.2, 0.25) is 0 Å². The second-order valence-corrected chi connectivity index (χ2v) is 9.52. The highest BCUT2D eigenvalue weighted by Gasteiger charge is 2.27. The van der Waals surface area contributed by atoms with Crippen LogP contribution in [0.5, 0.6) is 5.75 Å². The molecule has 5 heteroatoms. The first kappa shape index (κ1) is 24.1.